The minimum atomic E-state index is 0.630. The van der Waals surface area contributed by atoms with Gasteiger partial charge in [0.1, 0.15) is 12.4 Å². The average Bonchev–Trinajstić information content (AvgIpc) is 2.48. The van der Waals surface area contributed by atoms with Gasteiger partial charge in [-0.25, -0.2) is 0 Å². The highest BCUT2D eigenvalue weighted by Gasteiger charge is 1.97. The van der Waals surface area contributed by atoms with E-state index >= 15 is 0 Å². The topological polar surface area (TPSA) is 9.23 Å². The van der Waals surface area contributed by atoms with Crippen LogP contribution >= 0.6 is 11.8 Å². The first-order valence-corrected chi connectivity index (χ1v) is 7.87. The second kappa shape index (κ2) is 7.90. The first-order chi connectivity index (χ1) is 9.38. The predicted molar refractivity (Wildman–Crippen MR) is 83.7 cm³/mol. The zero-order chi connectivity index (χ0) is 13.3. The number of thioether (sulfide) groups is 1. The maximum Gasteiger partial charge on any atom is 0.119 e. The van der Waals surface area contributed by atoms with E-state index in [2.05, 4.69) is 43.3 Å². The van der Waals surface area contributed by atoms with Crippen molar-refractivity contribution in [2.45, 2.75) is 25.7 Å². The van der Waals surface area contributed by atoms with Crippen LogP contribution in [0.4, 0.5) is 0 Å². The lowest BCUT2D eigenvalue weighted by Gasteiger charge is -2.07. The van der Waals surface area contributed by atoms with Gasteiger partial charge in [0.2, 0.25) is 0 Å². The molecule has 0 unspecified atom stereocenters. The van der Waals surface area contributed by atoms with E-state index in [4.69, 9.17) is 4.74 Å². The number of hydrogen-bond donors (Lipinski definition) is 0. The Bertz CT molecular complexity index is 464. The van der Waals surface area contributed by atoms with E-state index in [0.29, 0.717) is 6.61 Å². The molecule has 0 aliphatic carbocycles. The van der Waals surface area contributed by atoms with E-state index in [1.165, 1.54) is 23.3 Å². The van der Waals surface area contributed by atoms with Gasteiger partial charge in [-0.3, -0.25) is 0 Å². The number of ether oxygens (including phenoxy) is 1. The maximum atomic E-state index is 5.77. The molecule has 2 heteroatoms. The van der Waals surface area contributed by atoms with Gasteiger partial charge in [-0.05, 0) is 35.4 Å². The smallest absolute Gasteiger partial charge is 0.119 e. The van der Waals surface area contributed by atoms with Crippen molar-refractivity contribution in [3.63, 3.8) is 0 Å². The molecule has 0 aliphatic rings. The lowest BCUT2D eigenvalue weighted by molar-refractivity contribution is 0.306. The van der Waals surface area contributed by atoms with Gasteiger partial charge < -0.3 is 4.74 Å². The Labute approximate surface area is 120 Å². The van der Waals surface area contributed by atoms with E-state index in [1.807, 2.05) is 30.0 Å². The summed E-state index contributed by atoms with van der Waals surface area (Å²) < 4.78 is 5.77. The molecule has 0 fully saturated rings. The molecular weight excluding hydrogens is 252 g/mol. The second-order valence-electron chi connectivity index (χ2n) is 4.47. The molecule has 0 aliphatic heterocycles. The molecule has 0 aromatic heterocycles. The molecular formula is C17H20OS. The number of hydrogen-bond acceptors (Lipinski definition) is 2. The summed E-state index contributed by atoms with van der Waals surface area (Å²) in [4.78, 5) is 0. The standard InChI is InChI=1S/C17H20OS/c1-2-12-19-14-16-8-10-17(11-9-16)18-13-15-6-4-3-5-7-15/h3-11H,2,12-14H2,1H3. The van der Waals surface area contributed by atoms with Crippen LogP contribution in [0, 0.1) is 0 Å². The normalized spacial score (nSPS) is 10.4. The summed E-state index contributed by atoms with van der Waals surface area (Å²) in [5.74, 6) is 3.26. The Morgan fingerprint density at radius 3 is 2.32 bits per heavy atom. The zero-order valence-electron chi connectivity index (χ0n) is 11.3. The number of benzene rings is 2. The fourth-order valence-corrected chi connectivity index (χ4v) is 2.62. The highest BCUT2D eigenvalue weighted by atomic mass is 32.2. The van der Waals surface area contributed by atoms with E-state index < -0.39 is 0 Å². The van der Waals surface area contributed by atoms with Crippen molar-refractivity contribution in [1.29, 1.82) is 0 Å². The van der Waals surface area contributed by atoms with E-state index in [0.717, 1.165) is 11.5 Å². The third-order valence-electron chi connectivity index (χ3n) is 2.79. The van der Waals surface area contributed by atoms with Crippen LogP contribution in [-0.2, 0) is 12.4 Å². The van der Waals surface area contributed by atoms with Gasteiger partial charge in [0.25, 0.3) is 0 Å². The van der Waals surface area contributed by atoms with Gasteiger partial charge >= 0.3 is 0 Å². The first kappa shape index (κ1) is 14.0. The van der Waals surface area contributed by atoms with Crippen LogP contribution in [0.1, 0.15) is 24.5 Å². The van der Waals surface area contributed by atoms with Gasteiger partial charge in [-0.1, -0.05) is 49.4 Å². The quantitative estimate of drug-likeness (QED) is 0.662. The summed E-state index contributed by atoms with van der Waals surface area (Å²) in [7, 11) is 0. The Balaban J connectivity index is 1.81. The molecule has 2 rings (SSSR count). The first-order valence-electron chi connectivity index (χ1n) is 6.72. The van der Waals surface area contributed by atoms with Crippen LogP contribution < -0.4 is 4.74 Å². The monoisotopic (exact) mass is 272 g/mol. The fourth-order valence-electron chi connectivity index (χ4n) is 1.76. The van der Waals surface area contributed by atoms with Crippen molar-refractivity contribution in [3.8, 4) is 5.75 Å². The Kier molecular flexibility index (Phi) is 5.83. The van der Waals surface area contributed by atoms with Gasteiger partial charge in [-0.2, -0.15) is 11.8 Å². The van der Waals surface area contributed by atoms with Crippen LogP contribution in [0.5, 0.6) is 5.75 Å². The summed E-state index contributed by atoms with van der Waals surface area (Å²) in [5.41, 5.74) is 2.57. The molecule has 1 nitrogen and oxygen atoms in total. The van der Waals surface area contributed by atoms with Crippen LogP contribution in [0.3, 0.4) is 0 Å². The Morgan fingerprint density at radius 2 is 1.63 bits per heavy atom. The highest BCUT2D eigenvalue weighted by molar-refractivity contribution is 7.98. The lowest BCUT2D eigenvalue weighted by Crippen LogP contribution is -1.95. The average molecular weight is 272 g/mol. The maximum absolute atomic E-state index is 5.77. The molecule has 0 bridgehead atoms. The van der Waals surface area contributed by atoms with Crippen molar-refractivity contribution in [2.24, 2.45) is 0 Å². The van der Waals surface area contributed by atoms with Crippen molar-refractivity contribution in [3.05, 3.63) is 65.7 Å². The third-order valence-corrected chi connectivity index (χ3v) is 4.02. The van der Waals surface area contributed by atoms with E-state index in [-0.39, 0.29) is 0 Å². The molecule has 19 heavy (non-hydrogen) atoms. The van der Waals surface area contributed by atoms with E-state index in [1.54, 1.807) is 0 Å². The van der Waals surface area contributed by atoms with Crippen LogP contribution in [-0.4, -0.2) is 5.75 Å². The number of rotatable bonds is 7. The molecule has 0 N–H and O–H groups in total. The summed E-state index contributed by atoms with van der Waals surface area (Å²) >= 11 is 1.98. The highest BCUT2D eigenvalue weighted by Crippen LogP contribution is 2.18. The largest absolute Gasteiger partial charge is 0.489 e. The Morgan fingerprint density at radius 1 is 0.895 bits per heavy atom. The summed E-state index contributed by atoms with van der Waals surface area (Å²) in [6.45, 7) is 2.85. The van der Waals surface area contributed by atoms with Crippen molar-refractivity contribution < 1.29 is 4.74 Å². The molecule has 0 radical (unpaired) electrons. The van der Waals surface area contributed by atoms with E-state index in [9.17, 15) is 0 Å². The fraction of sp³-hybridized carbons (Fsp3) is 0.294. The molecule has 100 valence electrons. The van der Waals surface area contributed by atoms with Gasteiger partial charge in [-0.15, -0.1) is 0 Å². The van der Waals surface area contributed by atoms with Gasteiger partial charge in [0.15, 0.2) is 0 Å². The molecule has 0 spiro atoms. The molecule has 0 atom stereocenters. The predicted octanol–water partition coefficient (Wildman–Crippen LogP) is 4.91. The van der Waals surface area contributed by atoms with Gasteiger partial charge in [0, 0.05) is 5.75 Å². The summed E-state index contributed by atoms with van der Waals surface area (Å²) in [6.07, 6.45) is 1.24. The molecule has 0 saturated heterocycles. The molecule has 2 aromatic carbocycles. The molecule has 0 saturated carbocycles. The lowest BCUT2D eigenvalue weighted by atomic mass is 10.2. The Hall–Kier alpha value is -1.41. The van der Waals surface area contributed by atoms with Crippen LogP contribution in [0.2, 0.25) is 0 Å². The van der Waals surface area contributed by atoms with Crippen LogP contribution in [0.15, 0.2) is 54.6 Å². The van der Waals surface area contributed by atoms with Gasteiger partial charge in [0.05, 0.1) is 0 Å². The van der Waals surface area contributed by atoms with Crippen LogP contribution in [0.25, 0.3) is 0 Å². The van der Waals surface area contributed by atoms with Crippen molar-refractivity contribution in [1.82, 2.24) is 0 Å². The second-order valence-corrected chi connectivity index (χ2v) is 5.58. The summed E-state index contributed by atoms with van der Waals surface area (Å²) in [6, 6.07) is 18.7. The zero-order valence-corrected chi connectivity index (χ0v) is 12.2. The molecule has 0 heterocycles. The van der Waals surface area contributed by atoms with Crippen molar-refractivity contribution in [2.75, 3.05) is 5.75 Å². The minimum Gasteiger partial charge on any atom is -0.489 e. The minimum absolute atomic E-state index is 0.630. The summed E-state index contributed by atoms with van der Waals surface area (Å²) in [5, 5.41) is 0. The van der Waals surface area contributed by atoms with Crippen molar-refractivity contribution >= 4 is 11.8 Å². The third kappa shape index (κ3) is 4.99. The molecule has 0 amide bonds. The molecule has 2 aromatic rings. The SMILES string of the molecule is CCCSCc1ccc(OCc2ccccc2)cc1.